The van der Waals surface area contributed by atoms with E-state index in [9.17, 15) is 9.59 Å². The SMILES string of the molecule is Cc1nc2ccccc2nc1CN1C(=O)NC2(CCCCC2)C1=O. The molecule has 1 saturated carbocycles. The van der Waals surface area contributed by atoms with Gasteiger partial charge >= 0.3 is 6.03 Å². The zero-order chi connectivity index (χ0) is 16.7. The molecule has 1 aliphatic carbocycles. The molecule has 124 valence electrons. The van der Waals surface area contributed by atoms with Crippen molar-refractivity contribution >= 4 is 23.0 Å². The molecule has 2 fully saturated rings. The van der Waals surface area contributed by atoms with Gasteiger partial charge in [0.15, 0.2) is 0 Å². The molecule has 1 aromatic heterocycles. The summed E-state index contributed by atoms with van der Waals surface area (Å²) < 4.78 is 0. The van der Waals surface area contributed by atoms with Crippen molar-refractivity contribution in [3.05, 3.63) is 35.7 Å². The van der Waals surface area contributed by atoms with Gasteiger partial charge < -0.3 is 5.32 Å². The molecule has 0 unspecified atom stereocenters. The lowest BCUT2D eigenvalue weighted by molar-refractivity contribution is -0.132. The number of carbonyl (C=O) groups excluding carboxylic acids is 2. The molecule has 1 N–H and O–H groups in total. The monoisotopic (exact) mass is 324 g/mol. The molecule has 0 atom stereocenters. The largest absolute Gasteiger partial charge is 0.325 e. The third kappa shape index (κ3) is 2.33. The van der Waals surface area contributed by atoms with Crippen LogP contribution < -0.4 is 5.32 Å². The summed E-state index contributed by atoms with van der Waals surface area (Å²) in [5, 5.41) is 2.94. The minimum absolute atomic E-state index is 0.110. The number of rotatable bonds is 2. The van der Waals surface area contributed by atoms with E-state index in [1.807, 2.05) is 31.2 Å². The first kappa shape index (κ1) is 15.1. The van der Waals surface area contributed by atoms with Gasteiger partial charge in [-0.3, -0.25) is 9.69 Å². The van der Waals surface area contributed by atoms with Crippen LogP contribution in [0.1, 0.15) is 43.5 Å². The predicted octanol–water partition coefficient (Wildman–Crippen LogP) is 2.69. The summed E-state index contributed by atoms with van der Waals surface area (Å²) in [4.78, 5) is 35.7. The van der Waals surface area contributed by atoms with E-state index in [1.165, 1.54) is 4.90 Å². The van der Waals surface area contributed by atoms with Gasteiger partial charge in [0.25, 0.3) is 5.91 Å². The highest BCUT2D eigenvalue weighted by Crippen LogP contribution is 2.34. The van der Waals surface area contributed by atoms with Gasteiger partial charge in [-0.1, -0.05) is 31.4 Å². The number of aryl methyl sites for hydroxylation is 1. The van der Waals surface area contributed by atoms with Gasteiger partial charge in [-0.25, -0.2) is 14.8 Å². The third-order valence-corrected chi connectivity index (χ3v) is 5.10. The van der Waals surface area contributed by atoms with E-state index in [0.717, 1.165) is 48.8 Å². The van der Waals surface area contributed by atoms with Crippen molar-refractivity contribution in [2.75, 3.05) is 0 Å². The number of para-hydroxylation sites is 2. The number of fused-ring (bicyclic) bond motifs is 1. The number of amides is 3. The van der Waals surface area contributed by atoms with E-state index in [-0.39, 0.29) is 18.5 Å². The van der Waals surface area contributed by atoms with Gasteiger partial charge in [-0.15, -0.1) is 0 Å². The van der Waals surface area contributed by atoms with Gasteiger partial charge in [0.05, 0.1) is 29.0 Å². The molecule has 24 heavy (non-hydrogen) atoms. The molecule has 1 spiro atoms. The fourth-order valence-corrected chi connectivity index (χ4v) is 3.74. The van der Waals surface area contributed by atoms with Gasteiger partial charge in [0.1, 0.15) is 5.54 Å². The summed E-state index contributed by atoms with van der Waals surface area (Å²) in [6.07, 6.45) is 4.55. The molecule has 6 heteroatoms. The average molecular weight is 324 g/mol. The van der Waals surface area contributed by atoms with Gasteiger partial charge in [0, 0.05) is 0 Å². The number of carbonyl (C=O) groups is 2. The number of nitrogens with zero attached hydrogens (tertiary/aromatic N) is 3. The Balaban J connectivity index is 1.64. The second-order valence-corrected chi connectivity index (χ2v) is 6.71. The molecule has 0 radical (unpaired) electrons. The summed E-state index contributed by atoms with van der Waals surface area (Å²) in [5.74, 6) is -0.110. The molecule has 3 amide bonds. The predicted molar refractivity (Wildman–Crippen MR) is 89.2 cm³/mol. The van der Waals surface area contributed by atoms with Gasteiger partial charge in [-0.05, 0) is 31.9 Å². The first-order valence-corrected chi connectivity index (χ1v) is 8.45. The van der Waals surface area contributed by atoms with Crippen LogP contribution in [0.5, 0.6) is 0 Å². The molecule has 6 nitrogen and oxygen atoms in total. The summed E-state index contributed by atoms with van der Waals surface area (Å²) >= 11 is 0. The molecule has 4 rings (SSSR count). The average Bonchev–Trinajstić information content (AvgIpc) is 2.80. The molecule has 2 heterocycles. The van der Waals surface area contributed by atoms with Gasteiger partial charge in [0.2, 0.25) is 0 Å². The van der Waals surface area contributed by atoms with Crippen molar-refractivity contribution < 1.29 is 9.59 Å². The quantitative estimate of drug-likeness (QED) is 0.862. The highest BCUT2D eigenvalue weighted by molar-refractivity contribution is 6.07. The number of hydrogen-bond donors (Lipinski definition) is 1. The van der Waals surface area contributed by atoms with Crippen molar-refractivity contribution in [1.29, 1.82) is 0 Å². The minimum atomic E-state index is -0.687. The normalized spacial score (nSPS) is 20.0. The fourth-order valence-electron chi connectivity index (χ4n) is 3.74. The van der Waals surface area contributed by atoms with Crippen molar-refractivity contribution in [2.45, 2.75) is 51.1 Å². The Hall–Kier alpha value is -2.50. The summed E-state index contributed by atoms with van der Waals surface area (Å²) in [5.41, 5.74) is 2.33. The number of aromatic nitrogens is 2. The molecule has 1 aliphatic heterocycles. The van der Waals surface area contributed by atoms with Crippen LogP contribution in [0.25, 0.3) is 11.0 Å². The number of hydrogen-bond acceptors (Lipinski definition) is 4. The lowest BCUT2D eigenvalue weighted by Gasteiger charge is -2.30. The Bertz CT molecular complexity index is 827. The lowest BCUT2D eigenvalue weighted by Crippen LogP contribution is -2.48. The number of nitrogens with one attached hydrogen (secondary N) is 1. The van der Waals surface area contributed by atoms with Crippen molar-refractivity contribution in [3.8, 4) is 0 Å². The Morgan fingerprint density at radius 2 is 1.75 bits per heavy atom. The third-order valence-electron chi connectivity index (χ3n) is 5.10. The van der Waals surface area contributed by atoms with Crippen LogP contribution in [0.15, 0.2) is 24.3 Å². The van der Waals surface area contributed by atoms with Crippen LogP contribution >= 0.6 is 0 Å². The summed E-state index contributed by atoms with van der Waals surface area (Å²) in [7, 11) is 0. The number of benzene rings is 1. The lowest BCUT2D eigenvalue weighted by atomic mass is 9.82. The molecule has 2 aliphatic rings. The van der Waals surface area contributed by atoms with Crippen LogP contribution in [0.2, 0.25) is 0 Å². The zero-order valence-electron chi connectivity index (χ0n) is 13.7. The maximum atomic E-state index is 12.9. The smallest absolute Gasteiger partial charge is 0.323 e. The highest BCUT2D eigenvalue weighted by atomic mass is 16.2. The van der Waals surface area contributed by atoms with Crippen LogP contribution in [0.4, 0.5) is 4.79 Å². The van der Waals surface area contributed by atoms with Gasteiger partial charge in [-0.2, -0.15) is 0 Å². The molecule has 2 aromatic rings. The molecule has 1 saturated heterocycles. The minimum Gasteiger partial charge on any atom is -0.323 e. The molecular formula is C18H20N4O2. The maximum absolute atomic E-state index is 12.9. The van der Waals surface area contributed by atoms with E-state index in [4.69, 9.17) is 0 Å². The number of urea groups is 1. The molecule has 1 aromatic carbocycles. The highest BCUT2D eigenvalue weighted by Gasteiger charge is 2.51. The maximum Gasteiger partial charge on any atom is 0.325 e. The van der Waals surface area contributed by atoms with E-state index < -0.39 is 5.54 Å². The van der Waals surface area contributed by atoms with E-state index in [2.05, 4.69) is 15.3 Å². The number of imide groups is 1. The van der Waals surface area contributed by atoms with E-state index >= 15 is 0 Å². The van der Waals surface area contributed by atoms with Crippen molar-refractivity contribution in [1.82, 2.24) is 20.2 Å². The van der Waals surface area contributed by atoms with E-state index in [1.54, 1.807) is 0 Å². The Morgan fingerprint density at radius 1 is 1.08 bits per heavy atom. The van der Waals surface area contributed by atoms with Crippen LogP contribution in [0.3, 0.4) is 0 Å². The summed E-state index contributed by atoms with van der Waals surface area (Å²) in [6, 6.07) is 7.31. The van der Waals surface area contributed by atoms with Crippen LogP contribution in [-0.4, -0.2) is 32.3 Å². The molecular weight excluding hydrogens is 304 g/mol. The summed E-state index contributed by atoms with van der Waals surface area (Å²) in [6.45, 7) is 2.04. The first-order valence-electron chi connectivity index (χ1n) is 8.45. The Morgan fingerprint density at radius 3 is 2.46 bits per heavy atom. The van der Waals surface area contributed by atoms with Crippen molar-refractivity contribution in [2.24, 2.45) is 0 Å². The van der Waals surface area contributed by atoms with Crippen LogP contribution in [0, 0.1) is 6.92 Å². The van der Waals surface area contributed by atoms with Crippen molar-refractivity contribution in [3.63, 3.8) is 0 Å². The van der Waals surface area contributed by atoms with Crippen LogP contribution in [-0.2, 0) is 11.3 Å². The topological polar surface area (TPSA) is 75.2 Å². The second-order valence-electron chi connectivity index (χ2n) is 6.71. The second kappa shape index (κ2) is 5.54. The standard InChI is InChI=1S/C18H20N4O2/c1-12-15(20-14-8-4-3-7-13(14)19-12)11-22-16(23)18(21-17(22)24)9-5-2-6-10-18/h3-4,7-8H,2,5-6,9-11H2,1H3,(H,21,24). The fraction of sp³-hybridized carbons (Fsp3) is 0.444. The zero-order valence-corrected chi connectivity index (χ0v) is 13.7. The first-order chi connectivity index (χ1) is 11.6. The van der Waals surface area contributed by atoms with E-state index in [0.29, 0.717) is 5.69 Å². The Labute approximate surface area is 140 Å². The Kier molecular flexibility index (Phi) is 3.48. The molecule has 0 bridgehead atoms.